The highest BCUT2D eigenvalue weighted by atomic mass is 32.2. The first kappa shape index (κ1) is 14.8. The van der Waals surface area contributed by atoms with E-state index in [0.717, 1.165) is 12.8 Å². The predicted octanol–water partition coefficient (Wildman–Crippen LogP) is 1.20. The number of nitriles is 1. The summed E-state index contributed by atoms with van der Waals surface area (Å²) in [6.45, 7) is 1.15. The number of sulfonamides is 1. The molecule has 0 amide bonds. The number of primary sulfonamides is 1. The van der Waals surface area contributed by atoms with Crippen LogP contribution in [0.2, 0.25) is 0 Å². The van der Waals surface area contributed by atoms with E-state index in [-0.39, 0.29) is 17.2 Å². The molecule has 1 aliphatic heterocycles. The summed E-state index contributed by atoms with van der Waals surface area (Å²) in [5.74, 6) is -0.729. The van der Waals surface area contributed by atoms with Crippen molar-refractivity contribution in [1.29, 1.82) is 5.26 Å². The zero-order valence-corrected chi connectivity index (χ0v) is 11.7. The topological polar surface area (TPSA) is 87.2 Å². The lowest BCUT2D eigenvalue weighted by atomic mass is 9.98. The molecule has 1 fully saturated rings. The molecule has 0 spiro atoms. The minimum absolute atomic E-state index is 0.00348. The third kappa shape index (κ3) is 3.46. The van der Waals surface area contributed by atoms with E-state index < -0.39 is 15.8 Å². The molecule has 2 N–H and O–H groups in total. The Morgan fingerprint density at radius 2 is 2.25 bits per heavy atom. The second kappa shape index (κ2) is 5.77. The minimum Gasteiger partial charge on any atom is -0.370 e. The lowest BCUT2D eigenvalue weighted by Gasteiger charge is -2.34. The fraction of sp³-hybridized carbons (Fsp3) is 0.462. The molecule has 1 heterocycles. The van der Waals surface area contributed by atoms with Crippen molar-refractivity contribution in [2.24, 2.45) is 11.1 Å². The lowest BCUT2D eigenvalue weighted by Crippen LogP contribution is -2.39. The van der Waals surface area contributed by atoms with Crippen LogP contribution in [-0.2, 0) is 10.0 Å². The van der Waals surface area contributed by atoms with Gasteiger partial charge in [-0.1, -0.05) is 6.07 Å². The summed E-state index contributed by atoms with van der Waals surface area (Å²) >= 11 is 0. The normalized spacial score (nSPS) is 19.6. The fourth-order valence-electron chi connectivity index (χ4n) is 2.64. The van der Waals surface area contributed by atoms with Gasteiger partial charge in [0.2, 0.25) is 10.0 Å². The fourth-order valence-corrected chi connectivity index (χ4v) is 3.56. The van der Waals surface area contributed by atoms with Gasteiger partial charge < -0.3 is 4.90 Å². The highest BCUT2D eigenvalue weighted by Crippen LogP contribution is 2.27. The quantitative estimate of drug-likeness (QED) is 0.908. The summed E-state index contributed by atoms with van der Waals surface area (Å²) in [5.41, 5.74) is 0.523. The van der Waals surface area contributed by atoms with Crippen molar-refractivity contribution in [2.45, 2.75) is 12.8 Å². The van der Waals surface area contributed by atoms with Gasteiger partial charge in [-0.15, -0.1) is 0 Å². The average Bonchev–Trinajstić information content (AvgIpc) is 2.36. The van der Waals surface area contributed by atoms with Crippen LogP contribution in [0.4, 0.5) is 10.1 Å². The van der Waals surface area contributed by atoms with Crippen molar-refractivity contribution in [3.63, 3.8) is 0 Å². The van der Waals surface area contributed by atoms with Gasteiger partial charge in [-0.25, -0.2) is 17.9 Å². The maximum Gasteiger partial charge on any atom is 0.209 e. The molecular weight excluding hydrogens is 281 g/mol. The van der Waals surface area contributed by atoms with Crippen LogP contribution < -0.4 is 10.0 Å². The van der Waals surface area contributed by atoms with Gasteiger partial charge >= 0.3 is 0 Å². The van der Waals surface area contributed by atoms with Crippen molar-refractivity contribution in [3.05, 3.63) is 29.6 Å². The molecule has 1 atom stereocenters. The summed E-state index contributed by atoms with van der Waals surface area (Å²) in [5, 5.41) is 14.1. The first-order valence-electron chi connectivity index (χ1n) is 6.35. The monoisotopic (exact) mass is 297 g/mol. The zero-order valence-electron chi connectivity index (χ0n) is 10.9. The summed E-state index contributed by atoms with van der Waals surface area (Å²) in [6, 6.07) is 6.34. The van der Waals surface area contributed by atoms with Crippen LogP contribution in [0.1, 0.15) is 18.4 Å². The molecule has 1 aromatic rings. The summed E-state index contributed by atoms with van der Waals surface area (Å²) in [6.07, 6.45) is 1.56. The van der Waals surface area contributed by atoms with Gasteiger partial charge in [0.15, 0.2) is 0 Å². The van der Waals surface area contributed by atoms with Crippen molar-refractivity contribution in [1.82, 2.24) is 0 Å². The molecule has 20 heavy (non-hydrogen) atoms. The molecule has 108 valence electrons. The Labute approximate surface area is 117 Å². The van der Waals surface area contributed by atoms with Gasteiger partial charge in [-0.05, 0) is 30.9 Å². The van der Waals surface area contributed by atoms with Gasteiger partial charge in [0.25, 0.3) is 0 Å². The number of nitrogens with two attached hydrogens (primary N) is 1. The van der Waals surface area contributed by atoms with Gasteiger partial charge in [-0.2, -0.15) is 5.26 Å². The Morgan fingerprint density at radius 3 is 2.90 bits per heavy atom. The van der Waals surface area contributed by atoms with Crippen molar-refractivity contribution >= 4 is 15.7 Å². The van der Waals surface area contributed by atoms with Crippen molar-refractivity contribution in [2.75, 3.05) is 23.7 Å². The third-order valence-corrected chi connectivity index (χ3v) is 4.37. The molecule has 0 bridgehead atoms. The summed E-state index contributed by atoms with van der Waals surface area (Å²) < 4.78 is 35.9. The van der Waals surface area contributed by atoms with Gasteiger partial charge in [-0.3, -0.25) is 0 Å². The molecule has 0 radical (unpaired) electrons. The maximum atomic E-state index is 13.6. The highest BCUT2D eigenvalue weighted by molar-refractivity contribution is 7.89. The number of rotatable bonds is 3. The average molecular weight is 297 g/mol. The number of halogens is 1. The second-order valence-corrected chi connectivity index (χ2v) is 6.69. The van der Waals surface area contributed by atoms with Crippen LogP contribution in [-0.4, -0.2) is 27.3 Å². The molecule has 0 aromatic heterocycles. The number of anilines is 1. The van der Waals surface area contributed by atoms with Crippen LogP contribution in [0, 0.1) is 23.1 Å². The lowest BCUT2D eigenvalue weighted by molar-refractivity contribution is 0.443. The Balaban J connectivity index is 2.22. The Morgan fingerprint density at radius 1 is 1.50 bits per heavy atom. The summed E-state index contributed by atoms with van der Waals surface area (Å²) in [4.78, 5) is 1.86. The SMILES string of the molecule is N#Cc1c(F)cccc1N1CCCC(CS(N)(=O)=O)C1. The maximum absolute atomic E-state index is 13.6. The van der Waals surface area contributed by atoms with E-state index in [1.807, 2.05) is 11.0 Å². The van der Waals surface area contributed by atoms with E-state index in [1.54, 1.807) is 12.1 Å². The Bertz CT molecular complexity index is 640. The standard InChI is InChI=1S/C13H16FN3O2S/c14-12-4-1-5-13(11(12)7-15)17-6-2-3-10(8-17)9-20(16,18)19/h1,4-5,10H,2-3,6,8-9H2,(H2,16,18,19). The van der Waals surface area contributed by atoms with E-state index in [0.29, 0.717) is 18.8 Å². The van der Waals surface area contributed by atoms with E-state index in [1.165, 1.54) is 6.07 Å². The van der Waals surface area contributed by atoms with Crippen LogP contribution in [0.25, 0.3) is 0 Å². The van der Waals surface area contributed by atoms with Crippen LogP contribution in [0.3, 0.4) is 0 Å². The number of hydrogen-bond acceptors (Lipinski definition) is 4. The minimum atomic E-state index is -3.52. The molecule has 1 saturated heterocycles. The molecule has 5 nitrogen and oxygen atoms in total. The molecule has 0 aliphatic carbocycles. The van der Waals surface area contributed by atoms with E-state index >= 15 is 0 Å². The smallest absolute Gasteiger partial charge is 0.209 e. The molecule has 1 unspecified atom stereocenters. The van der Waals surface area contributed by atoms with Crippen LogP contribution in [0.5, 0.6) is 0 Å². The first-order valence-corrected chi connectivity index (χ1v) is 8.06. The molecule has 7 heteroatoms. The Kier molecular flexibility index (Phi) is 4.26. The van der Waals surface area contributed by atoms with Gasteiger partial charge in [0.05, 0.1) is 11.4 Å². The molecule has 1 aromatic carbocycles. The molecule has 0 saturated carbocycles. The molecular formula is C13H16FN3O2S. The second-order valence-electron chi connectivity index (χ2n) is 5.03. The number of hydrogen-bond donors (Lipinski definition) is 1. The largest absolute Gasteiger partial charge is 0.370 e. The van der Waals surface area contributed by atoms with E-state index in [4.69, 9.17) is 10.4 Å². The summed E-state index contributed by atoms with van der Waals surface area (Å²) in [7, 11) is -3.52. The first-order chi connectivity index (χ1) is 9.40. The van der Waals surface area contributed by atoms with E-state index in [2.05, 4.69) is 0 Å². The third-order valence-electron chi connectivity index (χ3n) is 3.43. The van der Waals surface area contributed by atoms with Crippen molar-refractivity contribution in [3.8, 4) is 6.07 Å². The number of nitrogens with zero attached hydrogens (tertiary/aromatic N) is 2. The van der Waals surface area contributed by atoms with Gasteiger partial charge in [0.1, 0.15) is 17.4 Å². The van der Waals surface area contributed by atoms with E-state index in [9.17, 15) is 12.8 Å². The zero-order chi connectivity index (χ0) is 14.8. The molecule has 2 rings (SSSR count). The van der Waals surface area contributed by atoms with Crippen LogP contribution >= 0.6 is 0 Å². The molecule has 1 aliphatic rings. The number of piperidine rings is 1. The number of benzene rings is 1. The Hall–Kier alpha value is -1.65. The predicted molar refractivity (Wildman–Crippen MR) is 74.0 cm³/mol. The highest BCUT2D eigenvalue weighted by Gasteiger charge is 2.25. The van der Waals surface area contributed by atoms with Crippen LogP contribution in [0.15, 0.2) is 18.2 Å². The van der Waals surface area contributed by atoms with Crippen molar-refractivity contribution < 1.29 is 12.8 Å². The van der Waals surface area contributed by atoms with Gasteiger partial charge in [0, 0.05) is 13.1 Å².